The monoisotopic (exact) mass is 313 g/mol. The quantitative estimate of drug-likeness (QED) is 0.787. The van der Waals surface area contributed by atoms with Crippen molar-refractivity contribution in [2.24, 2.45) is 0 Å². The molecule has 23 heavy (non-hydrogen) atoms. The van der Waals surface area contributed by atoms with E-state index in [9.17, 15) is 9.90 Å². The van der Waals surface area contributed by atoms with Crippen molar-refractivity contribution in [3.05, 3.63) is 59.7 Å². The van der Waals surface area contributed by atoms with Gasteiger partial charge < -0.3 is 15.2 Å². The van der Waals surface area contributed by atoms with Crippen LogP contribution in [-0.4, -0.2) is 24.2 Å². The van der Waals surface area contributed by atoms with Gasteiger partial charge in [0, 0.05) is 13.0 Å². The first-order valence-electron chi connectivity index (χ1n) is 7.94. The van der Waals surface area contributed by atoms with Crippen LogP contribution in [0.3, 0.4) is 0 Å². The number of carbonyl (C=O) groups is 1. The van der Waals surface area contributed by atoms with E-state index >= 15 is 0 Å². The molecule has 2 N–H and O–H groups in total. The predicted molar refractivity (Wildman–Crippen MR) is 90.8 cm³/mol. The Morgan fingerprint density at radius 3 is 2.57 bits per heavy atom. The topological polar surface area (TPSA) is 58.6 Å². The molecule has 4 nitrogen and oxygen atoms in total. The fourth-order valence-electron chi connectivity index (χ4n) is 2.35. The highest BCUT2D eigenvalue weighted by Crippen LogP contribution is 2.18. The van der Waals surface area contributed by atoms with E-state index in [1.807, 2.05) is 43.3 Å². The Kier molecular flexibility index (Phi) is 6.48. The second kappa shape index (κ2) is 8.83. The molecular weight excluding hydrogens is 290 g/mol. The molecule has 2 aromatic rings. The molecule has 0 saturated carbocycles. The minimum atomic E-state index is 0.0342. The summed E-state index contributed by atoms with van der Waals surface area (Å²) in [6.07, 6.45) is 1.86. The molecule has 122 valence electrons. The minimum absolute atomic E-state index is 0.0342. The van der Waals surface area contributed by atoms with E-state index in [1.54, 1.807) is 12.1 Å². The molecule has 0 fully saturated rings. The fraction of sp³-hybridized carbons (Fsp3) is 0.316. The number of rotatable bonds is 8. The zero-order chi connectivity index (χ0) is 16.5. The number of phenolic OH excluding ortho intramolecular Hbond substituents is 1. The van der Waals surface area contributed by atoms with Gasteiger partial charge in [-0.2, -0.15) is 0 Å². The summed E-state index contributed by atoms with van der Waals surface area (Å²) in [6.45, 7) is 3.19. The number of aromatic hydroxyl groups is 1. The Labute approximate surface area is 137 Å². The van der Waals surface area contributed by atoms with Crippen molar-refractivity contribution in [2.75, 3.05) is 13.2 Å². The molecule has 0 aliphatic heterocycles. The molecule has 2 aromatic carbocycles. The molecule has 0 aliphatic carbocycles. The van der Waals surface area contributed by atoms with E-state index in [0.717, 1.165) is 23.3 Å². The Hall–Kier alpha value is -2.49. The standard InChI is InChI=1S/C19H23NO3/c1-2-23-18-6-4-3-5-16(18)13-14-20-19(22)12-9-15-7-10-17(21)11-8-15/h3-8,10-11,21H,2,9,12-14H2,1H3,(H,20,22). The van der Waals surface area contributed by atoms with Crippen LogP contribution in [0.1, 0.15) is 24.5 Å². The van der Waals surface area contributed by atoms with Gasteiger partial charge in [-0.3, -0.25) is 4.79 Å². The van der Waals surface area contributed by atoms with Gasteiger partial charge in [-0.15, -0.1) is 0 Å². The number of amides is 1. The van der Waals surface area contributed by atoms with Crippen molar-refractivity contribution in [1.82, 2.24) is 5.32 Å². The molecule has 0 spiro atoms. The summed E-state index contributed by atoms with van der Waals surface area (Å²) < 4.78 is 5.58. The molecule has 0 atom stereocenters. The first kappa shape index (κ1) is 16.9. The number of hydrogen-bond donors (Lipinski definition) is 2. The third kappa shape index (κ3) is 5.66. The van der Waals surface area contributed by atoms with E-state index in [-0.39, 0.29) is 11.7 Å². The lowest BCUT2D eigenvalue weighted by Crippen LogP contribution is -2.26. The maximum Gasteiger partial charge on any atom is 0.220 e. The highest BCUT2D eigenvalue weighted by Gasteiger charge is 2.05. The lowest BCUT2D eigenvalue weighted by Gasteiger charge is -2.10. The van der Waals surface area contributed by atoms with Crippen LogP contribution in [0.2, 0.25) is 0 Å². The highest BCUT2D eigenvalue weighted by molar-refractivity contribution is 5.76. The lowest BCUT2D eigenvalue weighted by molar-refractivity contribution is -0.121. The molecule has 0 unspecified atom stereocenters. The summed E-state index contributed by atoms with van der Waals surface area (Å²) >= 11 is 0. The van der Waals surface area contributed by atoms with Crippen LogP contribution in [0.5, 0.6) is 11.5 Å². The van der Waals surface area contributed by atoms with Crippen LogP contribution in [0, 0.1) is 0 Å². The molecule has 0 bridgehead atoms. The Morgan fingerprint density at radius 1 is 1.09 bits per heavy atom. The van der Waals surface area contributed by atoms with Crippen molar-refractivity contribution in [3.8, 4) is 11.5 Å². The van der Waals surface area contributed by atoms with Gasteiger partial charge in [-0.25, -0.2) is 0 Å². The zero-order valence-corrected chi connectivity index (χ0v) is 13.4. The fourth-order valence-corrected chi connectivity index (χ4v) is 2.35. The number of nitrogens with one attached hydrogen (secondary N) is 1. The van der Waals surface area contributed by atoms with Gasteiger partial charge in [-0.05, 0) is 49.1 Å². The number of phenols is 1. The first-order chi connectivity index (χ1) is 11.2. The molecule has 2 rings (SSSR count). The van der Waals surface area contributed by atoms with Crippen molar-refractivity contribution >= 4 is 5.91 Å². The molecule has 4 heteroatoms. The molecule has 1 amide bonds. The number of aryl methyl sites for hydroxylation is 1. The predicted octanol–water partition coefficient (Wildman–Crippen LogP) is 3.08. The average molecular weight is 313 g/mol. The van der Waals surface area contributed by atoms with Gasteiger partial charge in [-0.1, -0.05) is 30.3 Å². The Balaban J connectivity index is 1.73. The van der Waals surface area contributed by atoms with Crippen LogP contribution in [0.4, 0.5) is 0 Å². The number of benzene rings is 2. The van der Waals surface area contributed by atoms with E-state index in [2.05, 4.69) is 5.32 Å². The largest absolute Gasteiger partial charge is 0.508 e. The van der Waals surface area contributed by atoms with Crippen LogP contribution in [0.15, 0.2) is 48.5 Å². The summed E-state index contributed by atoms with van der Waals surface area (Å²) in [5.41, 5.74) is 2.15. The van der Waals surface area contributed by atoms with Crippen LogP contribution in [0.25, 0.3) is 0 Å². The number of ether oxygens (including phenoxy) is 1. The van der Waals surface area contributed by atoms with Crippen LogP contribution < -0.4 is 10.1 Å². The number of carbonyl (C=O) groups excluding carboxylic acids is 1. The molecule has 0 aliphatic rings. The second-order valence-corrected chi connectivity index (χ2v) is 5.31. The van der Waals surface area contributed by atoms with Crippen molar-refractivity contribution in [3.63, 3.8) is 0 Å². The van der Waals surface area contributed by atoms with Crippen LogP contribution in [-0.2, 0) is 17.6 Å². The Bertz CT molecular complexity index is 623. The SMILES string of the molecule is CCOc1ccccc1CCNC(=O)CCc1ccc(O)cc1. The normalized spacial score (nSPS) is 10.3. The zero-order valence-electron chi connectivity index (χ0n) is 13.4. The average Bonchev–Trinajstić information content (AvgIpc) is 2.56. The molecule has 0 radical (unpaired) electrons. The number of hydrogen-bond acceptors (Lipinski definition) is 3. The number of para-hydroxylation sites is 1. The highest BCUT2D eigenvalue weighted by atomic mass is 16.5. The van der Waals surface area contributed by atoms with E-state index in [4.69, 9.17) is 4.74 Å². The molecule has 0 saturated heterocycles. The van der Waals surface area contributed by atoms with Gasteiger partial charge >= 0.3 is 0 Å². The van der Waals surface area contributed by atoms with Gasteiger partial charge in [0.25, 0.3) is 0 Å². The molecular formula is C19H23NO3. The van der Waals surface area contributed by atoms with E-state index in [0.29, 0.717) is 26.0 Å². The maximum absolute atomic E-state index is 11.9. The van der Waals surface area contributed by atoms with Gasteiger partial charge in [0.1, 0.15) is 11.5 Å². The third-order valence-corrected chi connectivity index (χ3v) is 3.57. The smallest absolute Gasteiger partial charge is 0.220 e. The van der Waals surface area contributed by atoms with Crippen LogP contribution >= 0.6 is 0 Å². The van der Waals surface area contributed by atoms with Gasteiger partial charge in [0.15, 0.2) is 0 Å². The van der Waals surface area contributed by atoms with Crippen molar-refractivity contribution in [1.29, 1.82) is 0 Å². The summed E-state index contributed by atoms with van der Waals surface area (Å²) in [4.78, 5) is 11.9. The summed E-state index contributed by atoms with van der Waals surface area (Å²) in [5.74, 6) is 1.16. The maximum atomic E-state index is 11.9. The van der Waals surface area contributed by atoms with Gasteiger partial charge in [0.05, 0.1) is 6.61 Å². The van der Waals surface area contributed by atoms with E-state index < -0.39 is 0 Å². The lowest BCUT2D eigenvalue weighted by atomic mass is 10.1. The van der Waals surface area contributed by atoms with E-state index in [1.165, 1.54) is 0 Å². The van der Waals surface area contributed by atoms with Crippen molar-refractivity contribution in [2.45, 2.75) is 26.2 Å². The first-order valence-corrected chi connectivity index (χ1v) is 7.94. The molecule has 0 aromatic heterocycles. The van der Waals surface area contributed by atoms with Crippen molar-refractivity contribution < 1.29 is 14.6 Å². The minimum Gasteiger partial charge on any atom is -0.508 e. The summed E-state index contributed by atoms with van der Waals surface area (Å²) in [5, 5.41) is 12.2. The van der Waals surface area contributed by atoms with Gasteiger partial charge in [0.2, 0.25) is 5.91 Å². The third-order valence-electron chi connectivity index (χ3n) is 3.57. The second-order valence-electron chi connectivity index (χ2n) is 5.31. The molecule has 0 heterocycles. The Morgan fingerprint density at radius 2 is 1.83 bits per heavy atom. The summed E-state index contributed by atoms with van der Waals surface area (Å²) in [7, 11) is 0. The summed E-state index contributed by atoms with van der Waals surface area (Å²) in [6, 6.07) is 14.8.